The maximum absolute atomic E-state index is 13.9. The monoisotopic (exact) mass is 530 g/mol. The lowest BCUT2D eigenvalue weighted by molar-refractivity contribution is -0.142. The molecule has 1 aromatic carbocycles. The van der Waals surface area contributed by atoms with Gasteiger partial charge in [-0.15, -0.1) is 11.3 Å². The molecule has 0 saturated heterocycles. The van der Waals surface area contributed by atoms with Gasteiger partial charge in [0, 0.05) is 16.5 Å². The normalized spacial score (nSPS) is 13.0. The topological polar surface area (TPSA) is 94.8 Å². The SMILES string of the molecule is CCOC(=O)c1c(NC(=O)c2cc3nc(-c4ccc(OC)cc4)cc(C(F)(F)F)n3n2)sc2c1CCC2. The number of anilines is 1. The van der Waals surface area contributed by atoms with Crippen LogP contribution in [-0.4, -0.2) is 40.2 Å². The number of benzene rings is 1. The lowest BCUT2D eigenvalue weighted by Crippen LogP contribution is -2.17. The Hall–Kier alpha value is -3.93. The molecule has 1 N–H and O–H groups in total. The van der Waals surface area contributed by atoms with E-state index in [-0.39, 0.29) is 23.6 Å². The van der Waals surface area contributed by atoms with E-state index < -0.39 is 23.7 Å². The first-order valence-corrected chi connectivity index (χ1v) is 12.3. The number of aryl methyl sites for hydroxylation is 1. The third-order valence-electron chi connectivity index (χ3n) is 5.96. The van der Waals surface area contributed by atoms with Crippen LogP contribution < -0.4 is 10.1 Å². The van der Waals surface area contributed by atoms with Crippen molar-refractivity contribution in [1.29, 1.82) is 0 Å². The third-order valence-corrected chi connectivity index (χ3v) is 7.17. The van der Waals surface area contributed by atoms with Crippen molar-refractivity contribution in [3.63, 3.8) is 0 Å². The number of nitrogens with zero attached hydrogens (tertiary/aromatic N) is 3. The van der Waals surface area contributed by atoms with Crippen LogP contribution >= 0.6 is 11.3 Å². The fraction of sp³-hybridized carbons (Fsp3) is 0.280. The lowest BCUT2D eigenvalue weighted by Gasteiger charge is -2.11. The highest BCUT2D eigenvalue weighted by Gasteiger charge is 2.36. The van der Waals surface area contributed by atoms with Crippen molar-refractivity contribution < 1.29 is 32.2 Å². The van der Waals surface area contributed by atoms with Gasteiger partial charge in [-0.2, -0.15) is 18.3 Å². The van der Waals surface area contributed by atoms with Gasteiger partial charge < -0.3 is 14.8 Å². The Morgan fingerprint density at radius 3 is 2.59 bits per heavy atom. The van der Waals surface area contributed by atoms with Gasteiger partial charge in [-0.3, -0.25) is 4.79 Å². The summed E-state index contributed by atoms with van der Waals surface area (Å²) < 4.78 is 52.7. The average molecular weight is 531 g/mol. The molecule has 37 heavy (non-hydrogen) atoms. The van der Waals surface area contributed by atoms with Gasteiger partial charge in [0.15, 0.2) is 17.0 Å². The summed E-state index contributed by atoms with van der Waals surface area (Å²) in [5.74, 6) is -0.752. The van der Waals surface area contributed by atoms with Gasteiger partial charge >= 0.3 is 12.1 Å². The van der Waals surface area contributed by atoms with Crippen LogP contribution in [0.4, 0.5) is 18.2 Å². The minimum absolute atomic E-state index is 0.0635. The Labute approximate surface area is 213 Å². The second-order valence-electron chi connectivity index (χ2n) is 8.29. The van der Waals surface area contributed by atoms with Gasteiger partial charge in [-0.05, 0) is 62.1 Å². The molecule has 1 aliphatic carbocycles. The highest BCUT2D eigenvalue weighted by atomic mass is 32.1. The molecule has 3 aromatic heterocycles. The molecule has 0 saturated carbocycles. The number of halogens is 3. The summed E-state index contributed by atoms with van der Waals surface area (Å²) in [5, 5.41) is 6.86. The molecule has 0 fully saturated rings. The number of ether oxygens (including phenoxy) is 2. The summed E-state index contributed by atoms with van der Waals surface area (Å²) in [6.07, 6.45) is -2.38. The molecule has 192 valence electrons. The van der Waals surface area contributed by atoms with Crippen LogP contribution in [0.2, 0.25) is 0 Å². The first-order valence-electron chi connectivity index (χ1n) is 11.4. The number of alkyl halides is 3. The van der Waals surface area contributed by atoms with Crippen molar-refractivity contribution in [1.82, 2.24) is 14.6 Å². The molecule has 0 aliphatic heterocycles. The lowest BCUT2D eigenvalue weighted by atomic mass is 10.1. The number of rotatable bonds is 6. The Balaban J connectivity index is 1.53. The van der Waals surface area contributed by atoms with Crippen LogP contribution in [0, 0.1) is 0 Å². The second-order valence-corrected chi connectivity index (χ2v) is 9.39. The number of fused-ring (bicyclic) bond motifs is 2. The van der Waals surface area contributed by atoms with Crippen molar-refractivity contribution in [3.8, 4) is 17.0 Å². The number of methoxy groups -OCH3 is 1. The van der Waals surface area contributed by atoms with Crippen LogP contribution in [0.5, 0.6) is 5.75 Å². The summed E-state index contributed by atoms with van der Waals surface area (Å²) in [6, 6.07) is 8.48. The summed E-state index contributed by atoms with van der Waals surface area (Å²) in [4.78, 5) is 30.9. The minimum Gasteiger partial charge on any atom is -0.497 e. The van der Waals surface area contributed by atoms with E-state index in [1.807, 2.05) is 0 Å². The smallest absolute Gasteiger partial charge is 0.433 e. The molecule has 0 bridgehead atoms. The zero-order valence-electron chi connectivity index (χ0n) is 19.8. The molecule has 4 aromatic rings. The third kappa shape index (κ3) is 4.64. The zero-order valence-corrected chi connectivity index (χ0v) is 20.6. The molecule has 12 heteroatoms. The van der Waals surface area contributed by atoms with Crippen LogP contribution in [0.25, 0.3) is 16.9 Å². The predicted octanol–water partition coefficient (Wildman–Crippen LogP) is 5.40. The Morgan fingerprint density at radius 2 is 1.92 bits per heavy atom. The predicted molar refractivity (Wildman–Crippen MR) is 130 cm³/mol. The van der Waals surface area contributed by atoms with Crippen molar-refractivity contribution in [2.24, 2.45) is 0 Å². The fourth-order valence-corrected chi connectivity index (χ4v) is 5.55. The molecular formula is C25H21F3N4O4S. The summed E-state index contributed by atoms with van der Waals surface area (Å²) in [5.41, 5.74) is 0.149. The summed E-state index contributed by atoms with van der Waals surface area (Å²) in [6.45, 7) is 1.86. The standard InChI is InChI=1S/C25H21F3N4O4S/c1-3-36-24(34)21-15-5-4-6-18(15)37-23(21)30-22(33)17-12-20-29-16(13-7-9-14(35-2)10-8-13)11-19(25(26,27)28)32(20)31-17/h7-12H,3-6H2,1-2H3,(H,30,33). The number of thiophene rings is 1. The highest BCUT2D eigenvalue weighted by Crippen LogP contribution is 2.40. The van der Waals surface area contributed by atoms with E-state index >= 15 is 0 Å². The van der Waals surface area contributed by atoms with E-state index in [1.54, 1.807) is 31.2 Å². The van der Waals surface area contributed by atoms with Crippen molar-refractivity contribution in [2.75, 3.05) is 19.0 Å². The maximum Gasteiger partial charge on any atom is 0.433 e. The van der Waals surface area contributed by atoms with Crippen molar-refractivity contribution in [2.45, 2.75) is 32.4 Å². The van der Waals surface area contributed by atoms with Gasteiger partial charge in [0.1, 0.15) is 10.8 Å². The van der Waals surface area contributed by atoms with Gasteiger partial charge in [0.2, 0.25) is 0 Å². The molecule has 1 amide bonds. The number of carbonyl (C=O) groups is 2. The van der Waals surface area contributed by atoms with Gasteiger partial charge in [-0.25, -0.2) is 14.3 Å². The molecule has 0 unspecified atom stereocenters. The molecular weight excluding hydrogens is 509 g/mol. The molecule has 0 spiro atoms. The first kappa shape index (κ1) is 24.8. The molecule has 0 radical (unpaired) electrons. The zero-order chi connectivity index (χ0) is 26.3. The van der Waals surface area contributed by atoms with Gasteiger partial charge in [-0.1, -0.05) is 0 Å². The van der Waals surface area contributed by atoms with Crippen molar-refractivity contribution in [3.05, 3.63) is 63.8 Å². The maximum atomic E-state index is 13.9. The van der Waals surface area contributed by atoms with Gasteiger partial charge in [0.05, 0.1) is 25.0 Å². The number of esters is 1. The number of hydrogen-bond acceptors (Lipinski definition) is 7. The largest absolute Gasteiger partial charge is 0.497 e. The van der Waals surface area contributed by atoms with Crippen LogP contribution in [0.1, 0.15) is 50.3 Å². The molecule has 8 nitrogen and oxygen atoms in total. The number of amides is 1. The van der Waals surface area contributed by atoms with Gasteiger partial charge in [0.25, 0.3) is 5.91 Å². The molecule has 0 atom stereocenters. The van der Waals surface area contributed by atoms with E-state index in [0.29, 0.717) is 32.8 Å². The van der Waals surface area contributed by atoms with E-state index in [0.717, 1.165) is 29.3 Å². The Morgan fingerprint density at radius 1 is 1.16 bits per heavy atom. The van der Waals surface area contributed by atoms with E-state index in [2.05, 4.69) is 15.4 Å². The first-order chi connectivity index (χ1) is 17.7. The van der Waals surface area contributed by atoms with E-state index in [9.17, 15) is 22.8 Å². The number of carbonyl (C=O) groups excluding carboxylic acids is 2. The summed E-state index contributed by atoms with van der Waals surface area (Å²) in [7, 11) is 1.49. The fourth-order valence-electron chi connectivity index (χ4n) is 4.28. The molecule has 5 rings (SSSR count). The Kier molecular flexibility index (Phi) is 6.36. The number of nitrogens with one attached hydrogen (secondary N) is 1. The van der Waals surface area contributed by atoms with Crippen molar-refractivity contribution >= 4 is 33.9 Å². The Bertz CT molecular complexity index is 1510. The molecule has 3 heterocycles. The summed E-state index contributed by atoms with van der Waals surface area (Å²) >= 11 is 1.27. The minimum atomic E-state index is -4.76. The number of hydrogen-bond donors (Lipinski definition) is 1. The second kappa shape index (κ2) is 9.51. The molecule has 1 aliphatic rings. The van der Waals surface area contributed by atoms with Crippen LogP contribution in [0.15, 0.2) is 36.4 Å². The van der Waals surface area contributed by atoms with E-state index in [4.69, 9.17) is 9.47 Å². The van der Waals surface area contributed by atoms with Crippen LogP contribution in [0.3, 0.4) is 0 Å². The van der Waals surface area contributed by atoms with Crippen LogP contribution in [-0.2, 0) is 23.8 Å². The quantitative estimate of drug-likeness (QED) is 0.336. The highest BCUT2D eigenvalue weighted by molar-refractivity contribution is 7.17. The number of aromatic nitrogens is 3. The average Bonchev–Trinajstić information content (AvgIpc) is 3.57. The van der Waals surface area contributed by atoms with E-state index in [1.165, 1.54) is 24.5 Å².